The molecule has 25 heavy (non-hydrogen) atoms. The van der Waals surface area contributed by atoms with Gasteiger partial charge in [0.1, 0.15) is 0 Å². The predicted octanol–water partition coefficient (Wildman–Crippen LogP) is 4.79. The highest BCUT2D eigenvalue weighted by molar-refractivity contribution is 7.37. The Morgan fingerprint density at radius 2 is 1.72 bits per heavy atom. The summed E-state index contributed by atoms with van der Waals surface area (Å²) < 4.78 is 11.1. The number of hydrogen-bond acceptors (Lipinski definition) is 3. The van der Waals surface area contributed by atoms with Gasteiger partial charge in [-0.1, -0.05) is 35.9 Å². The number of halogens is 2. The molecule has 0 saturated carbocycles. The summed E-state index contributed by atoms with van der Waals surface area (Å²) in [6.45, 7) is 2.01. The van der Waals surface area contributed by atoms with Crippen molar-refractivity contribution >= 4 is 37.7 Å². The number of aliphatic hydroxyl groups excluding tert-OH is 1. The zero-order chi connectivity index (χ0) is 17.5. The second-order valence-electron chi connectivity index (χ2n) is 5.92. The van der Waals surface area contributed by atoms with Crippen molar-refractivity contribution in [1.82, 2.24) is 0 Å². The van der Waals surface area contributed by atoms with Crippen molar-refractivity contribution in [2.24, 2.45) is 0 Å². The van der Waals surface area contributed by atoms with Gasteiger partial charge in [-0.05, 0) is 54.2 Å². The zero-order valence-corrected chi connectivity index (χ0v) is 16.4. The quantitative estimate of drug-likeness (QED) is 0.555. The van der Waals surface area contributed by atoms with Crippen molar-refractivity contribution < 1.29 is 14.6 Å². The van der Waals surface area contributed by atoms with Crippen LogP contribution >= 0.6 is 32.0 Å². The fourth-order valence-electron chi connectivity index (χ4n) is 2.69. The highest BCUT2D eigenvalue weighted by Crippen LogP contribution is 2.25. The largest absolute Gasteiger partial charge is 0.510 e. The lowest BCUT2D eigenvalue weighted by Gasteiger charge is -2.19. The van der Waals surface area contributed by atoms with Gasteiger partial charge in [0.15, 0.2) is 0 Å². The van der Waals surface area contributed by atoms with Crippen LogP contribution in [0.25, 0.3) is 0 Å². The third kappa shape index (κ3) is 7.72. The van der Waals surface area contributed by atoms with Gasteiger partial charge in [-0.2, -0.15) is 4.89 Å². The number of benzene rings is 2. The Labute approximate surface area is 160 Å². The number of aliphatic hydroxyl groups is 1. The molecule has 0 bridgehead atoms. The van der Waals surface area contributed by atoms with E-state index in [4.69, 9.17) is 16.5 Å². The molecule has 0 fully saturated rings. The van der Waals surface area contributed by atoms with Crippen molar-refractivity contribution in [3.05, 3.63) is 64.7 Å². The van der Waals surface area contributed by atoms with Crippen LogP contribution in [-0.4, -0.2) is 22.1 Å². The van der Waals surface area contributed by atoms with Crippen molar-refractivity contribution in [3.63, 3.8) is 0 Å². The Kier molecular flexibility index (Phi) is 9.41. The molecule has 136 valence electrons. The highest BCUT2D eigenvalue weighted by Gasteiger charge is 2.18. The van der Waals surface area contributed by atoms with E-state index in [1.807, 2.05) is 55.5 Å². The average Bonchev–Trinajstić information content (AvgIpc) is 2.51. The average molecular weight is 403 g/mol. The molecule has 3 atom stereocenters. The van der Waals surface area contributed by atoms with Gasteiger partial charge in [0.2, 0.25) is 6.16 Å². The molecule has 2 unspecified atom stereocenters. The lowest BCUT2D eigenvalue weighted by Crippen LogP contribution is -2.24. The molecule has 0 aliphatic carbocycles. The Hall–Kier alpha value is -1.16. The molecule has 0 spiro atoms. The lowest BCUT2D eigenvalue weighted by molar-refractivity contribution is 0.160. The van der Waals surface area contributed by atoms with E-state index in [1.165, 1.54) is 0 Å². The van der Waals surface area contributed by atoms with Gasteiger partial charge in [-0.3, -0.25) is 0 Å². The Balaban J connectivity index is 0.00000312. The standard InChI is InChI=1S/C18H21ClNO3P.ClH/c1-13(20-17-8-6-16(19)7-9-17)10-18(21)11-14-4-2-3-5-15(14)12-24(22)23;/h2-9,13,18,20-21H,10-12H2,1H3;1H/p+1/t13?,18-;/m1./s1. The van der Waals surface area contributed by atoms with E-state index in [0.717, 1.165) is 16.8 Å². The number of hydrogen-bond donors (Lipinski definition) is 3. The van der Waals surface area contributed by atoms with Gasteiger partial charge in [0.05, 0.1) is 6.10 Å². The molecule has 2 aromatic rings. The molecule has 2 aromatic carbocycles. The van der Waals surface area contributed by atoms with Crippen LogP contribution < -0.4 is 5.32 Å². The normalized spacial score (nSPS) is 13.5. The van der Waals surface area contributed by atoms with Crippen LogP contribution in [0.1, 0.15) is 24.5 Å². The third-order valence-corrected chi connectivity index (χ3v) is 4.63. The van der Waals surface area contributed by atoms with E-state index in [9.17, 15) is 9.67 Å². The van der Waals surface area contributed by atoms with Crippen LogP contribution in [0.5, 0.6) is 0 Å². The van der Waals surface area contributed by atoms with Gasteiger partial charge >= 0.3 is 8.03 Å². The molecule has 2 rings (SSSR count). The molecule has 3 N–H and O–H groups in total. The van der Waals surface area contributed by atoms with Crippen LogP contribution in [-0.2, 0) is 17.1 Å². The monoisotopic (exact) mass is 402 g/mol. The Bertz CT molecular complexity index is 682. The Morgan fingerprint density at radius 3 is 2.32 bits per heavy atom. The van der Waals surface area contributed by atoms with E-state index in [2.05, 4.69) is 5.32 Å². The molecule has 0 heterocycles. The molecule has 4 nitrogen and oxygen atoms in total. The molecule has 0 aliphatic heterocycles. The molecular formula is C18H23Cl2NO3P+. The topological polar surface area (TPSA) is 69.6 Å². The maximum atomic E-state index is 11.1. The minimum Gasteiger partial charge on any atom is -0.393 e. The molecule has 0 aliphatic rings. The van der Waals surface area contributed by atoms with Crippen molar-refractivity contribution in [1.29, 1.82) is 0 Å². The zero-order valence-electron chi connectivity index (χ0n) is 13.9. The third-order valence-electron chi connectivity index (χ3n) is 3.76. The first kappa shape index (κ1) is 21.9. The Morgan fingerprint density at radius 1 is 1.12 bits per heavy atom. The van der Waals surface area contributed by atoms with Crippen LogP contribution in [0.15, 0.2) is 48.5 Å². The lowest BCUT2D eigenvalue weighted by atomic mass is 9.99. The summed E-state index contributed by atoms with van der Waals surface area (Å²) >= 11 is 5.87. The second kappa shape index (κ2) is 10.7. The van der Waals surface area contributed by atoms with E-state index in [-0.39, 0.29) is 24.6 Å². The van der Waals surface area contributed by atoms with Crippen molar-refractivity contribution in [3.8, 4) is 0 Å². The van der Waals surface area contributed by atoms with Gasteiger partial charge in [0, 0.05) is 22.3 Å². The minimum atomic E-state index is -2.23. The van der Waals surface area contributed by atoms with Gasteiger partial charge in [0.25, 0.3) is 0 Å². The molecule has 0 radical (unpaired) electrons. The van der Waals surface area contributed by atoms with Crippen LogP contribution in [0.2, 0.25) is 5.02 Å². The number of anilines is 1. The minimum absolute atomic E-state index is 0. The first-order valence-corrected chi connectivity index (χ1v) is 9.62. The fraction of sp³-hybridized carbons (Fsp3) is 0.333. The fourth-order valence-corrected chi connectivity index (χ4v) is 3.42. The summed E-state index contributed by atoms with van der Waals surface area (Å²) in [5.41, 5.74) is 2.69. The molecule has 7 heteroatoms. The van der Waals surface area contributed by atoms with E-state index in [0.29, 0.717) is 17.9 Å². The van der Waals surface area contributed by atoms with E-state index >= 15 is 0 Å². The molecule has 0 aromatic heterocycles. The smallest absolute Gasteiger partial charge is 0.393 e. The SMILES string of the molecule is CC(C[C@@H](O)Cc1ccccc1C[P+](=O)O)Nc1ccc(Cl)cc1.Cl. The summed E-state index contributed by atoms with van der Waals surface area (Å²) in [6, 6.07) is 15.0. The van der Waals surface area contributed by atoms with E-state index in [1.54, 1.807) is 0 Å². The molecule has 0 amide bonds. The first-order chi connectivity index (χ1) is 11.4. The first-order valence-electron chi connectivity index (χ1n) is 7.84. The summed E-state index contributed by atoms with van der Waals surface area (Å²) in [5.74, 6) is 0. The highest BCUT2D eigenvalue weighted by atomic mass is 35.5. The number of rotatable bonds is 8. The van der Waals surface area contributed by atoms with E-state index < -0.39 is 14.1 Å². The van der Waals surface area contributed by atoms with Gasteiger partial charge in [-0.15, -0.1) is 12.4 Å². The summed E-state index contributed by atoms with van der Waals surface area (Å²) in [4.78, 5) is 9.12. The van der Waals surface area contributed by atoms with Crippen LogP contribution in [0.3, 0.4) is 0 Å². The second-order valence-corrected chi connectivity index (χ2v) is 7.38. The predicted molar refractivity (Wildman–Crippen MR) is 106 cm³/mol. The van der Waals surface area contributed by atoms with Crippen LogP contribution in [0, 0.1) is 0 Å². The maximum absolute atomic E-state index is 11.1. The van der Waals surface area contributed by atoms with Crippen molar-refractivity contribution in [2.45, 2.75) is 38.1 Å². The molecular weight excluding hydrogens is 380 g/mol. The summed E-state index contributed by atoms with van der Waals surface area (Å²) in [6.07, 6.45) is 0.628. The van der Waals surface area contributed by atoms with Gasteiger partial charge < -0.3 is 10.4 Å². The van der Waals surface area contributed by atoms with Gasteiger partial charge in [-0.25, -0.2) is 0 Å². The summed E-state index contributed by atoms with van der Waals surface area (Å²) in [5, 5.41) is 14.4. The maximum Gasteiger partial charge on any atom is 0.510 e. The molecule has 0 saturated heterocycles. The number of nitrogens with one attached hydrogen (secondary N) is 1. The van der Waals surface area contributed by atoms with Crippen molar-refractivity contribution in [2.75, 3.05) is 5.32 Å². The van der Waals surface area contributed by atoms with Crippen LogP contribution in [0.4, 0.5) is 5.69 Å². The summed E-state index contributed by atoms with van der Waals surface area (Å²) in [7, 11) is -2.23.